The minimum Gasteiger partial charge on any atom is -1.00 e. The van der Waals surface area contributed by atoms with Gasteiger partial charge in [-0.2, -0.15) is 0 Å². The molecule has 0 rings (SSSR count). The number of hydrogen-bond donors (Lipinski definition) is 1. The fourth-order valence-electron chi connectivity index (χ4n) is 0.815. The zero-order chi connectivity index (χ0) is 9.02. The summed E-state index contributed by atoms with van der Waals surface area (Å²) in [5, 5.41) is 0. The molecule has 0 fully saturated rings. The molecule has 12 heavy (non-hydrogen) atoms. The molecule has 0 aliphatic rings. The number of rotatable bonds is 2. The number of guanidine groups is 1. The first-order chi connectivity index (χ1) is 5.00. The lowest BCUT2D eigenvalue weighted by Crippen LogP contribution is -3.00. The second-order valence-corrected chi connectivity index (χ2v) is 3.12. The molecule has 1 atom stereocenters. The van der Waals surface area contributed by atoms with Gasteiger partial charge in [0.25, 0.3) is 0 Å². The Morgan fingerprint density at radius 1 is 1.50 bits per heavy atom. The Balaban J connectivity index is 0. The summed E-state index contributed by atoms with van der Waals surface area (Å²) in [5.41, 5.74) is 5.80. The third kappa shape index (κ3) is 4.13. The molecule has 0 bridgehead atoms. The van der Waals surface area contributed by atoms with Gasteiger partial charge in [-0.15, -0.1) is 0 Å². The van der Waals surface area contributed by atoms with Crippen molar-refractivity contribution in [3.8, 4) is 0 Å². The fourth-order valence-corrected chi connectivity index (χ4v) is 0.815. The molecular formula is C8H20IN3. The average Bonchev–Trinajstić information content (AvgIpc) is 2.00. The van der Waals surface area contributed by atoms with E-state index >= 15 is 0 Å². The van der Waals surface area contributed by atoms with E-state index in [0.717, 1.165) is 12.4 Å². The van der Waals surface area contributed by atoms with Gasteiger partial charge in [-0.25, -0.2) is 0 Å². The molecule has 74 valence electrons. The largest absolute Gasteiger partial charge is 1.00 e. The third-order valence-electron chi connectivity index (χ3n) is 2.07. The molecule has 0 aliphatic carbocycles. The lowest BCUT2D eigenvalue weighted by Gasteiger charge is -2.19. The highest BCUT2D eigenvalue weighted by molar-refractivity contribution is 5.72. The van der Waals surface area contributed by atoms with E-state index in [1.807, 2.05) is 25.7 Å². The number of nitrogens with zero attached hydrogens (tertiary/aromatic N) is 2. The Labute approximate surface area is 92.6 Å². The van der Waals surface area contributed by atoms with Crippen molar-refractivity contribution in [2.45, 2.75) is 26.3 Å². The lowest BCUT2D eigenvalue weighted by atomic mass is 10.2. The molecule has 0 aromatic rings. The van der Waals surface area contributed by atoms with Crippen LogP contribution in [0.15, 0.2) is 0 Å². The second kappa shape index (κ2) is 6.51. The summed E-state index contributed by atoms with van der Waals surface area (Å²) in [6.07, 6.45) is 1.12. The summed E-state index contributed by atoms with van der Waals surface area (Å²) < 4.78 is 1.92. The van der Waals surface area contributed by atoms with Gasteiger partial charge in [0.2, 0.25) is 0 Å². The van der Waals surface area contributed by atoms with Gasteiger partial charge in [0, 0.05) is 0 Å². The van der Waals surface area contributed by atoms with Gasteiger partial charge in [0.15, 0.2) is 0 Å². The van der Waals surface area contributed by atoms with Crippen LogP contribution in [-0.4, -0.2) is 42.6 Å². The summed E-state index contributed by atoms with van der Waals surface area (Å²) in [4.78, 5) is 2.08. The molecule has 1 unspecified atom stereocenters. The Kier molecular flexibility index (Phi) is 7.88. The maximum atomic E-state index is 5.80. The predicted octanol–water partition coefficient (Wildman–Crippen LogP) is -2.69. The van der Waals surface area contributed by atoms with Crippen LogP contribution in [0.3, 0.4) is 0 Å². The van der Waals surface area contributed by atoms with Crippen LogP contribution in [0.2, 0.25) is 0 Å². The van der Waals surface area contributed by atoms with E-state index in [1.54, 1.807) is 0 Å². The summed E-state index contributed by atoms with van der Waals surface area (Å²) in [5.74, 6) is 0.819. The van der Waals surface area contributed by atoms with Crippen molar-refractivity contribution in [2.75, 3.05) is 21.1 Å². The molecule has 3 nitrogen and oxygen atoms in total. The fraction of sp³-hybridized carbons (Fsp3) is 0.875. The van der Waals surface area contributed by atoms with Crippen molar-refractivity contribution in [3.63, 3.8) is 0 Å². The molecule has 0 aliphatic heterocycles. The Hall–Kier alpha value is 0. The van der Waals surface area contributed by atoms with E-state index in [4.69, 9.17) is 5.73 Å². The van der Waals surface area contributed by atoms with E-state index in [-0.39, 0.29) is 24.0 Å². The van der Waals surface area contributed by atoms with Crippen molar-refractivity contribution in [1.82, 2.24) is 4.90 Å². The van der Waals surface area contributed by atoms with E-state index in [0.29, 0.717) is 6.04 Å². The normalized spacial score (nSPS) is 11.4. The zero-order valence-electron chi connectivity index (χ0n) is 8.63. The van der Waals surface area contributed by atoms with E-state index in [2.05, 4.69) is 18.7 Å². The minimum absolute atomic E-state index is 0. The molecule has 4 heteroatoms. The van der Waals surface area contributed by atoms with Gasteiger partial charge in [-0.3, -0.25) is 15.2 Å². The van der Waals surface area contributed by atoms with Gasteiger partial charge in [-0.05, 0) is 13.3 Å². The smallest absolute Gasteiger partial charge is 0.345 e. The molecule has 0 saturated carbocycles. The van der Waals surface area contributed by atoms with E-state index in [1.165, 1.54) is 0 Å². The minimum atomic E-state index is 0. The Bertz CT molecular complexity index is 152. The molecule has 0 saturated heterocycles. The molecular weight excluding hydrogens is 265 g/mol. The van der Waals surface area contributed by atoms with Crippen LogP contribution in [0.1, 0.15) is 20.3 Å². The molecule has 0 aromatic carbocycles. The van der Waals surface area contributed by atoms with Gasteiger partial charge in [-0.1, -0.05) is 6.92 Å². The van der Waals surface area contributed by atoms with Crippen LogP contribution in [0.4, 0.5) is 0 Å². The van der Waals surface area contributed by atoms with E-state index < -0.39 is 0 Å². The highest BCUT2D eigenvalue weighted by atomic mass is 127. The first-order valence-electron chi connectivity index (χ1n) is 4.03. The van der Waals surface area contributed by atoms with Gasteiger partial charge < -0.3 is 24.0 Å². The zero-order valence-corrected chi connectivity index (χ0v) is 10.8. The predicted molar refractivity (Wildman–Crippen MR) is 48.8 cm³/mol. The summed E-state index contributed by atoms with van der Waals surface area (Å²) >= 11 is 0. The van der Waals surface area contributed by atoms with E-state index in [9.17, 15) is 0 Å². The van der Waals surface area contributed by atoms with Gasteiger partial charge in [0.1, 0.15) is 0 Å². The summed E-state index contributed by atoms with van der Waals surface area (Å²) in [7, 11) is 5.92. The third-order valence-corrected chi connectivity index (χ3v) is 2.07. The number of hydrogen-bond acceptors (Lipinski definition) is 0. The number of nitrogens with two attached hydrogens (primary N) is 1. The lowest BCUT2D eigenvalue weighted by molar-refractivity contribution is -0.471. The van der Waals surface area contributed by atoms with Gasteiger partial charge in [0.05, 0.1) is 27.2 Å². The highest BCUT2D eigenvalue weighted by Crippen LogP contribution is 1.97. The molecule has 0 spiro atoms. The van der Waals surface area contributed by atoms with Crippen molar-refractivity contribution in [2.24, 2.45) is 5.73 Å². The Morgan fingerprint density at radius 3 is 2.17 bits per heavy atom. The van der Waals surface area contributed by atoms with Gasteiger partial charge >= 0.3 is 5.96 Å². The van der Waals surface area contributed by atoms with Crippen LogP contribution < -0.4 is 29.7 Å². The summed E-state index contributed by atoms with van der Waals surface area (Å²) in [6, 6.07) is 0.511. The van der Waals surface area contributed by atoms with Crippen LogP contribution in [-0.2, 0) is 0 Å². The topological polar surface area (TPSA) is 32.3 Å². The van der Waals surface area contributed by atoms with Crippen molar-refractivity contribution in [1.29, 1.82) is 0 Å². The molecule has 0 radical (unpaired) electrons. The molecule has 2 N–H and O–H groups in total. The molecule has 0 heterocycles. The van der Waals surface area contributed by atoms with Crippen molar-refractivity contribution in [3.05, 3.63) is 0 Å². The Morgan fingerprint density at radius 2 is 1.92 bits per heavy atom. The maximum Gasteiger partial charge on any atom is 0.345 e. The van der Waals surface area contributed by atoms with Crippen molar-refractivity contribution >= 4 is 5.96 Å². The second-order valence-electron chi connectivity index (χ2n) is 3.12. The van der Waals surface area contributed by atoms with Crippen molar-refractivity contribution < 1.29 is 28.6 Å². The highest BCUT2D eigenvalue weighted by Gasteiger charge is 2.15. The standard InChI is InChI=1S/C8H19N3.HI/c1-6-7(2)11(5)8(9)10(3)4;/h7,9H,6H2,1-5H3;1H. The van der Waals surface area contributed by atoms with Crippen LogP contribution in [0.25, 0.3) is 0 Å². The quantitative estimate of drug-likeness (QED) is 0.259. The SMILES string of the molecule is CCC(C)N(C)C(N)=[N+](C)C.[I-]. The first-order valence-corrected chi connectivity index (χ1v) is 4.03. The summed E-state index contributed by atoms with van der Waals surface area (Å²) in [6.45, 7) is 4.32. The van der Waals surface area contributed by atoms with Crippen LogP contribution in [0, 0.1) is 0 Å². The first kappa shape index (κ1) is 14.5. The van der Waals surface area contributed by atoms with Crippen LogP contribution in [0.5, 0.6) is 0 Å². The molecule has 0 aromatic heterocycles. The number of halogens is 1. The molecule has 0 amide bonds. The maximum absolute atomic E-state index is 5.80. The van der Waals surface area contributed by atoms with Crippen LogP contribution >= 0.6 is 0 Å². The average molecular weight is 285 g/mol. The monoisotopic (exact) mass is 285 g/mol.